The van der Waals surface area contributed by atoms with E-state index in [9.17, 15) is 20.1 Å². The molecule has 226 valence electrons. The monoisotopic (exact) mass is 570 g/mol. The quantitative estimate of drug-likeness (QED) is 0.321. The van der Waals surface area contributed by atoms with Crippen molar-refractivity contribution < 1.29 is 39.1 Å². The summed E-state index contributed by atoms with van der Waals surface area (Å²) in [7, 11) is 0. The summed E-state index contributed by atoms with van der Waals surface area (Å²) in [5.41, 5.74) is 0.0972. The summed E-state index contributed by atoms with van der Waals surface area (Å²) >= 11 is 0. The fourth-order valence-corrected chi connectivity index (χ4v) is 7.03. The zero-order valence-electron chi connectivity index (χ0n) is 25.0. The summed E-state index contributed by atoms with van der Waals surface area (Å²) in [6.07, 6.45) is 10.7. The van der Waals surface area contributed by atoms with Crippen molar-refractivity contribution >= 4 is 5.97 Å². The fraction of sp³-hybridized carbons (Fsp3) is 0.667. The van der Waals surface area contributed by atoms with Crippen LogP contribution < -0.4 is 0 Å². The minimum absolute atomic E-state index is 0.0603. The Labute approximate surface area is 243 Å². The number of allylic oxidation sites excluding steroid dienone is 2. The van der Waals surface area contributed by atoms with Gasteiger partial charge in [0.2, 0.25) is 0 Å². The van der Waals surface area contributed by atoms with Crippen molar-refractivity contribution in [1.82, 2.24) is 0 Å². The van der Waals surface area contributed by atoms with Crippen LogP contribution in [0.4, 0.5) is 0 Å². The Morgan fingerprint density at radius 3 is 2.49 bits per heavy atom. The number of ether oxygens (including phenoxy) is 4. The van der Waals surface area contributed by atoms with Gasteiger partial charge in [0.1, 0.15) is 29.8 Å². The summed E-state index contributed by atoms with van der Waals surface area (Å²) in [5.74, 6) is -2.40. The molecular weight excluding hydrogens is 524 g/mol. The standard InChI is InChI=1S/C33H46O8/c1-18(2)29-21(5)12-13-32(41-29)16-25-15-24(40-32)11-10-20(4)27(34)19(3)8-7-9-23-17-38-30-28(35)22(6)14-26(31(36)39-25)33(23,30)37/h7-10,12-14,18-19,21,24-30,34-35,37H,11,15-17H2,1-6H3/b8-7+,20-10+,23-9+/t19-,21-,24+,25-,26?,27-,28+,29+,30+,32+,33+/m0/s1. The molecule has 41 heavy (non-hydrogen) atoms. The molecule has 8 nitrogen and oxygen atoms in total. The van der Waals surface area contributed by atoms with Gasteiger partial charge in [-0.25, -0.2) is 0 Å². The van der Waals surface area contributed by atoms with Gasteiger partial charge in [-0.1, -0.05) is 64.2 Å². The molecule has 8 heteroatoms. The number of rotatable bonds is 1. The molecule has 4 heterocycles. The number of fused-ring (bicyclic) bond motifs is 2. The predicted octanol–water partition coefficient (Wildman–Crippen LogP) is 3.92. The van der Waals surface area contributed by atoms with Gasteiger partial charge in [-0.15, -0.1) is 0 Å². The van der Waals surface area contributed by atoms with E-state index in [1.807, 2.05) is 32.1 Å². The van der Waals surface area contributed by atoms with Crippen LogP contribution in [0.5, 0.6) is 0 Å². The van der Waals surface area contributed by atoms with Gasteiger partial charge in [-0.3, -0.25) is 4.79 Å². The van der Waals surface area contributed by atoms with E-state index in [-0.39, 0.29) is 36.6 Å². The average Bonchev–Trinajstić information content (AvgIpc) is 3.26. The zero-order chi connectivity index (χ0) is 29.7. The molecule has 0 saturated carbocycles. The maximum Gasteiger partial charge on any atom is 0.316 e. The summed E-state index contributed by atoms with van der Waals surface area (Å²) in [4.78, 5) is 13.9. The molecule has 0 radical (unpaired) electrons. The van der Waals surface area contributed by atoms with Gasteiger partial charge < -0.3 is 34.3 Å². The SMILES string of the molecule is CC1=CC2C(=O)O[C@H]3C[C@@H](C/C=C(\C)[C@@H](O)[C@@H](C)/C=C/C=C4\CO[C@H]([C@@H]1O)[C@@]42O)O[C@@]1(C=C[C@H](C)[C@@H](C(C)C)O1)C3. The lowest BCUT2D eigenvalue weighted by Gasteiger charge is -2.48. The number of carbonyl (C=O) groups is 1. The van der Waals surface area contributed by atoms with Crippen molar-refractivity contribution in [2.24, 2.45) is 23.7 Å². The zero-order valence-corrected chi connectivity index (χ0v) is 25.0. The van der Waals surface area contributed by atoms with Crippen molar-refractivity contribution in [3.8, 4) is 0 Å². The Bertz CT molecular complexity index is 1170. The third kappa shape index (κ3) is 5.67. The summed E-state index contributed by atoms with van der Waals surface area (Å²) in [6, 6.07) is 0. The highest BCUT2D eigenvalue weighted by Crippen LogP contribution is 2.46. The van der Waals surface area contributed by atoms with Gasteiger partial charge in [0.05, 0.1) is 24.9 Å². The first-order valence-electron chi connectivity index (χ1n) is 15.0. The third-order valence-corrected chi connectivity index (χ3v) is 9.51. The maximum atomic E-state index is 13.9. The first-order valence-corrected chi connectivity index (χ1v) is 15.0. The van der Waals surface area contributed by atoms with Crippen LogP contribution in [0, 0.1) is 23.7 Å². The topological polar surface area (TPSA) is 115 Å². The van der Waals surface area contributed by atoms with Crippen molar-refractivity contribution in [1.29, 1.82) is 0 Å². The molecule has 1 aliphatic carbocycles. The van der Waals surface area contributed by atoms with E-state index < -0.39 is 47.7 Å². The molecule has 4 aliphatic heterocycles. The largest absolute Gasteiger partial charge is 0.462 e. The second-order valence-electron chi connectivity index (χ2n) is 13.0. The molecule has 2 fully saturated rings. The molecule has 1 spiro atoms. The van der Waals surface area contributed by atoms with Gasteiger partial charge in [0.25, 0.3) is 0 Å². The van der Waals surface area contributed by atoms with E-state index in [2.05, 4.69) is 26.8 Å². The third-order valence-electron chi connectivity index (χ3n) is 9.51. The second-order valence-corrected chi connectivity index (χ2v) is 13.0. The fourth-order valence-electron chi connectivity index (χ4n) is 7.03. The van der Waals surface area contributed by atoms with Crippen molar-refractivity contribution in [2.75, 3.05) is 6.61 Å². The highest BCUT2D eigenvalue weighted by Gasteiger charge is 2.60. The van der Waals surface area contributed by atoms with Crippen LogP contribution in [0.2, 0.25) is 0 Å². The Morgan fingerprint density at radius 1 is 1.00 bits per heavy atom. The summed E-state index contributed by atoms with van der Waals surface area (Å²) < 4.78 is 25.3. The van der Waals surface area contributed by atoms with E-state index in [4.69, 9.17) is 18.9 Å². The van der Waals surface area contributed by atoms with E-state index in [0.29, 0.717) is 30.4 Å². The molecule has 0 aromatic carbocycles. The van der Waals surface area contributed by atoms with Gasteiger partial charge in [0, 0.05) is 24.7 Å². The number of aliphatic hydroxyl groups excluding tert-OH is 2. The number of carbonyl (C=O) groups excluding carboxylic acids is 1. The molecular formula is C33H46O8. The van der Waals surface area contributed by atoms with Crippen molar-refractivity contribution in [3.63, 3.8) is 0 Å². The Morgan fingerprint density at radius 2 is 1.76 bits per heavy atom. The minimum atomic E-state index is -1.77. The lowest BCUT2D eigenvalue weighted by atomic mass is 9.71. The number of hydrogen-bond donors (Lipinski definition) is 3. The van der Waals surface area contributed by atoms with Crippen LogP contribution in [-0.4, -0.2) is 75.9 Å². The molecule has 1 unspecified atom stereocenters. The van der Waals surface area contributed by atoms with Gasteiger partial charge in [-0.2, -0.15) is 0 Å². The van der Waals surface area contributed by atoms with Crippen LogP contribution in [0.1, 0.15) is 60.8 Å². The minimum Gasteiger partial charge on any atom is -0.462 e. The molecule has 0 aromatic heterocycles. The van der Waals surface area contributed by atoms with Gasteiger partial charge in [-0.05, 0) is 49.0 Å². The first-order chi connectivity index (χ1) is 19.3. The predicted molar refractivity (Wildman–Crippen MR) is 153 cm³/mol. The number of aliphatic hydroxyl groups is 3. The second kappa shape index (κ2) is 11.5. The lowest BCUT2D eigenvalue weighted by Crippen LogP contribution is -2.58. The number of esters is 1. The highest BCUT2D eigenvalue weighted by molar-refractivity contribution is 5.78. The lowest BCUT2D eigenvalue weighted by molar-refractivity contribution is -0.299. The molecule has 2 saturated heterocycles. The van der Waals surface area contributed by atoms with E-state index in [0.717, 1.165) is 5.57 Å². The van der Waals surface area contributed by atoms with E-state index in [1.54, 1.807) is 25.2 Å². The molecule has 5 rings (SSSR count). The molecule has 3 N–H and O–H groups in total. The van der Waals surface area contributed by atoms with Crippen LogP contribution in [0.3, 0.4) is 0 Å². The number of hydrogen-bond acceptors (Lipinski definition) is 8. The van der Waals surface area contributed by atoms with E-state index >= 15 is 0 Å². The van der Waals surface area contributed by atoms with Crippen molar-refractivity contribution in [2.45, 2.75) is 109 Å². The van der Waals surface area contributed by atoms with Crippen LogP contribution >= 0.6 is 0 Å². The van der Waals surface area contributed by atoms with Crippen LogP contribution in [0.15, 0.2) is 59.3 Å². The molecule has 2 bridgehead atoms. The Hall–Kier alpha value is -2.07. The van der Waals surface area contributed by atoms with Gasteiger partial charge in [0.15, 0.2) is 5.79 Å². The van der Waals surface area contributed by atoms with Crippen LogP contribution in [-0.2, 0) is 23.7 Å². The maximum absolute atomic E-state index is 13.9. The van der Waals surface area contributed by atoms with E-state index in [1.165, 1.54) is 0 Å². The molecule has 0 amide bonds. The average molecular weight is 571 g/mol. The van der Waals surface area contributed by atoms with Crippen LogP contribution in [0.25, 0.3) is 0 Å². The molecule has 11 atom stereocenters. The Balaban J connectivity index is 1.55. The summed E-state index contributed by atoms with van der Waals surface area (Å²) in [5, 5.41) is 33.9. The summed E-state index contributed by atoms with van der Waals surface area (Å²) in [6.45, 7) is 12.0. The molecule has 5 aliphatic rings. The normalized spacial score (nSPS) is 48.5. The highest BCUT2D eigenvalue weighted by atomic mass is 16.7. The van der Waals surface area contributed by atoms with Crippen molar-refractivity contribution in [3.05, 3.63) is 59.3 Å². The smallest absolute Gasteiger partial charge is 0.316 e. The first kappa shape index (κ1) is 30.4. The van der Waals surface area contributed by atoms with Gasteiger partial charge >= 0.3 is 5.97 Å². The Kier molecular flexibility index (Phi) is 8.56. The molecule has 0 aromatic rings.